The molecule has 3 aliphatic carbocycles. The molecule has 2 bridgehead atoms. The Balaban J connectivity index is 0.000000187. The summed E-state index contributed by atoms with van der Waals surface area (Å²) in [4.78, 5) is 0. The first kappa shape index (κ1) is 19.0. The summed E-state index contributed by atoms with van der Waals surface area (Å²) in [6.45, 7) is 18.2. The van der Waals surface area contributed by atoms with Crippen LogP contribution in [0.2, 0.25) is 0 Å². The third-order valence-corrected chi connectivity index (χ3v) is 6.25. The van der Waals surface area contributed by atoms with E-state index in [-0.39, 0.29) is 0 Å². The summed E-state index contributed by atoms with van der Waals surface area (Å²) in [5.74, 6) is 1.70. The van der Waals surface area contributed by atoms with Gasteiger partial charge >= 0.3 is 0 Å². The molecule has 0 amide bonds. The maximum absolute atomic E-state index is 2.43. The summed E-state index contributed by atoms with van der Waals surface area (Å²) in [5, 5.41) is 0. The maximum Gasteiger partial charge on any atom is -0.0163 e. The average molecular weight is 301 g/mol. The third kappa shape index (κ3) is 4.24. The van der Waals surface area contributed by atoms with Crippen LogP contribution in [0, 0.1) is 22.7 Å². The lowest BCUT2D eigenvalue weighted by molar-refractivity contribution is 0.0961. The Morgan fingerprint density at radius 3 is 1.23 bits per heavy atom. The Bertz CT molecular complexity index is 430. The molecule has 2 unspecified atom stereocenters. The lowest BCUT2D eigenvalue weighted by atomic mass is 9.62. The largest absolute Gasteiger partial charge is 0.0845 e. The molecule has 0 aromatic rings. The van der Waals surface area contributed by atoms with Gasteiger partial charge in [-0.25, -0.2) is 0 Å². The van der Waals surface area contributed by atoms with Crippen LogP contribution < -0.4 is 0 Å². The molecule has 0 aliphatic heterocycles. The van der Waals surface area contributed by atoms with Crippen molar-refractivity contribution in [2.45, 2.75) is 68.2 Å². The molecule has 22 heavy (non-hydrogen) atoms. The zero-order valence-corrected chi connectivity index (χ0v) is 16.0. The smallest absolute Gasteiger partial charge is 0.0163 e. The summed E-state index contributed by atoms with van der Waals surface area (Å²) < 4.78 is 0. The normalized spacial score (nSPS) is 27.8. The molecule has 0 aromatic heterocycles. The predicted molar refractivity (Wildman–Crippen MR) is 101 cm³/mol. The molecule has 124 valence electrons. The van der Waals surface area contributed by atoms with Crippen LogP contribution in [0.1, 0.15) is 68.2 Å². The quantitative estimate of drug-likeness (QED) is 0.418. The SMILES string of the molecule is C1=CCC=C1.CC(C)=C(C)C.CC1(C)C2C=CC(C2)C1(C)C. The fourth-order valence-electron chi connectivity index (χ4n) is 3.12. The zero-order chi connectivity index (χ0) is 17.0. The second-order valence-electron chi connectivity index (χ2n) is 8.37. The summed E-state index contributed by atoms with van der Waals surface area (Å²) in [6.07, 6.45) is 15.8. The third-order valence-electron chi connectivity index (χ3n) is 6.25. The molecule has 2 atom stereocenters. The lowest BCUT2D eigenvalue weighted by Crippen LogP contribution is -2.35. The minimum Gasteiger partial charge on any atom is -0.0845 e. The van der Waals surface area contributed by atoms with Gasteiger partial charge in [0.15, 0.2) is 0 Å². The Kier molecular flexibility index (Phi) is 6.47. The van der Waals surface area contributed by atoms with Gasteiger partial charge in [-0.15, -0.1) is 0 Å². The first-order valence-electron chi connectivity index (χ1n) is 8.71. The molecular weight excluding hydrogens is 264 g/mol. The van der Waals surface area contributed by atoms with Crippen LogP contribution in [-0.2, 0) is 0 Å². The Morgan fingerprint density at radius 1 is 0.727 bits per heavy atom. The molecule has 3 rings (SSSR count). The van der Waals surface area contributed by atoms with Crippen LogP contribution in [0.25, 0.3) is 0 Å². The van der Waals surface area contributed by atoms with Crippen molar-refractivity contribution >= 4 is 0 Å². The first-order chi connectivity index (χ1) is 10.1. The standard InChI is InChI=1S/C11H18.C6H12.C5H6/c1-10(2)8-5-6-9(7-8)11(10,3)4;1-5(2)6(3)4;1-2-4-5-3-1/h5-6,8-9H,7H2,1-4H3;1-4H3;1-4H,5H2. The number of hydrogen-bond donors (Lipinski definition) is 0. The molecule has 1 fully saturated rings. The minimum absolute atomic E-state index is 0.520. The van der Waals surface area contributed by atoms with Crippen molar-refractivity contribution in [2.75, 3.05) is 0 Å². The maximum atomic E-state index is 2.43. The van der Waals surface area contributed by atoms with E-state index in [1.165, 1.54) is 17.6 Å². The van der Waals surface area contributed by atoms with Gasteiger partial charge in [0.05, 0.1) is 0 Å². The highest BCUT2D eigenvalue weighted by atomic mass is 14.6. The van der Waals surface area contributed by atoms with Crippen molar-refractivity contribution in [1.29, 1.82) is 0 Å². The van der Waals surface area contributed by atoms with Crippen LogP contribution in [0.5, 0.6) is 0 Å². The van der Waals surface area contributed by atoms with Crippen molar-refractivity contribution in [1.82, 2.24) is 0 Å². The lowest BCUT2D eigenvalue weighted by Gasteiger charge is -2.42. The second-order valence-corrected chi connectivity index (χ2v) is 8.37. The van der Waals surface area contributed by atoms with Gasteiger partial charge in [0.25, 0.3) is 0 Å². The Morgan fingerprint density at radius 2 is 1.09 bits per heavy atom. The Labute approximate surface area is 139 Å². The van der Waals surface area contributed by atoms with Crippen LogP contribution in [0.15, 0.2) is 47.6 Å². The molecule has 0 aromatic carbocycles. The van der Waals surface area contributed by atoms with Gasteiger partial charge in [-0.3, -0.25) is 0 Å². The molecule has 0 heteroatoms. The fraction of sp³-hybridized carbons (Fsp3) is 0.636. The molecule has 1 saturated carbocycles. The fourth-order valence-corrected chi connectivity index (χ4v) is 3.12. The van der Waals surface area contributed by atoms with Crippen LogP contribution in [0.4, 0.5) is 0 Å². The molecule has 0 heterocycles. The van der Waals surface area contributed by atoms with Crippen molar-refractivity contribution < 1.29 is 0 Å². The molecule has 3 aliphatic rings. The highest BCUT2D eigenvalue weighted by Crippen LogP contribution is 2.62. The first-order valence-corrected chi connectivity index (χ1v) is 8.71. The number of hydrogen-bond acceptors (Lipinski definition) is 0. The number of allylic oxidation sites excluding steroid dienone is 8. The van der Waals surface area contributed by atoms with E-state index in [9.17, 15) is 0 Å². The molecule has 0 spiro atoms. The van der Waals surface area contributed by atoms with E-state index in [0.717, 1.165) is 18.3 Å². The molecule has 0 N–H and O–H groups in total. The Hall–Kier alpha value is -1.04. The highest BCUT2D eigenvalue weighted by Gasteiger charge is 2.55. The van der Waals surface area contributed by atoms with E-state index in [1.807, 2.05) is 0 Å². The summed E-state index contributed by atoms with van der Waals surface area (Å²) >= 11 is 0. The van der Waals surface area contributed by atoms with Gasteiger partial charge in [0.2, 0.25) is 0 Å². The van der Waals surface area contributed by atoms with Crippen LogP contribution in [0.3, 0.4) is 0 Å². The number of rotatable bonds is 0. The molecule has 0 saturated heterocycles. The van der Waals surface area contributed by atoms with Gasteiger partial charge in [0.1, 0.15) is 0 Å². The van der Waals surface area contributed by atoms with Crippen molar-refractivity contribution in [3.63, 3.8) is 0 Å². The summed E-state index contributed by atoms with van der Waals surface area (Å²) in [5.41, 5.74) is 3.89. The second kappa shape index (κ2) is 7.49. The van der Waals surface area contributed by atoms with E-state index in [4.69, 9.17) is 0 Å². The number of fused-ring (bicyclic) bond motifs is 2. The van der Waals surface area contributed by atoms with Crippen LogP contribution >= 0.6 is 0 Å². The monoisotopic (exact) mass is 300 g/mol. The predicted octanol–water partition coefficient (Wildman–Crippen LogP) is 7.11. The van der Waals surface area contributed by atoms with Crippen molar-refractivity contribution in [2.24, 2.45) is 22.7 Å². The minimum atomic E-state index is 0.520. The van der Waals surface area contributed by atoms with E-state index < -0.39 is 0 Å². The molecular formula is C22H36. The van der Waals surface area contributed by atoms with Gasteiger partial charge < -0.3 is 0 Å². The van der Waals surface area contributed by atoms with Gasteiger partial charge in [0, 0.05) is 0 Å². The van der Waals surface area contributed by atoms with Gasteiger partial charge in [-0.2, -0.15) is 0 Å². The summed E-state index contributed by atoms with van der Waals surface area (Å²) in [6, 6.07) is 0. The van der Waals surface area contributed by atoms with E-state index in [0.29, 0.717) is 10.8 Å². The van der Waals surface area contributed by atoms with Gasteiger partial charge in [-0.05, 0) is 63.2 Å². The average Bonchev–Trinajstić information content (AvgIpc) is 3.15. The van der Waals surface area contributed by atoms with Crippen molar-refractivity contribution in [3.05, 3.63) is 47.6 Å². The highest BCUT2D eigenvalue weighted by molar-refractivity contribution is 5.20. The molecule has 0 radical (unpaired) electrons. The molecule has 0 nitrogen and oxygen atoms in total. The topological polar surface area (TPSA) is 0 Å². The zero-order valence-electron chi connectivity index (χ0n) is 16.0. The van der Waals surface area contributed by atoms with Crippen LogP contribution in [-0.4, -0.2) is 0 Å². The van der Waals surface area contributed by atoms with Crippen molar-refractivity contribution in [3.8, 4) is 0 Å². The van der Waals surface area contributed by atoms with E-state index in [2.05, 4.69) is 91.8 Å². The van der Waals surface area contributed by atoms with Gasteiger partial charge in [-0.1, -0.05) is 75.3 Å². The van der Waals surface area contributed by atoms with E-state index >= 15 is 0 Å². The summed E-state index contributed by atoms with van der Waals surface area (Å²) in [7, 11) is 0. The van der Waals surface area contributed by atoms with E-state index in [1.54, 1.807) is 0 Å².